The molecule has 5 heteroatoms. The lowest BCUT2D eigenvalue weighted by molar-refractivity contribution is 0.152. The van der Waals surface area contributed by atoms with Crippen molar-refractivity contribution in [3.63, 3.8) is 0 Å². The molecular formula is C10H19N3O2. The Kier molecular flexibility index (Phi) is 8.13. The minimum Gasteiger partial charge on any atom is -0.450 e. The van der Waals surface area contributed by atoms with Crippen LogP contribution < -0.4 is 5.32 Å². The van der Waals surface area contributed by atoms with Crippen molar-refractivity contribution >= 4 is 6.09 Å². The van der Waals surface area contributed by atoms with E-state index in [-0.39, 0.29) is 6.09 Å². The van der Waals surface area contributed by atoms with E-state index in [0.717, 1.165) is 12.1 Å². The molecule has 0 saturated carbocycles. The summed E-state index contributed by atoms with van der Waals surface area (Å²) in [6.45, 7) is 6.73. The van der Waals surface area contributed by atoms with Crippen molar-refractivity contribution < 1.29 is 9.53 Å². The highest BCUT2D eigenvalue weighted by atomic mass is 16.5. The monoisotopic (exact) mass is 213 g/mol. The lowest BCUT2D eigenvalue weighted by Gasteiger charge is -2.03. The van der Waals surface area contributed by atoms with Gasteiger partial charge < -0.3 is 15.0 Å². The summed E-state index contributed by atoms with van der Waals surface area (Å²) in [4.78, 5) is 17.6. The molecule has 0 unspecified atom stereocenters. The molecule has 1 aromatic heterocycles. The van der Waals surface area contributed by atoms with Crippen LogP contribution in [0.3, 0.4) is 0 Å². The molecule has 0 aliphatic rings. The van der Waals surface area contributed by atoms with E-state index in [1.165, 1.54) is 0 Å². The number of nitrogens with one attached hydrogen (secondary N) is 2. The molecule has 0 aliphatic heterocycles. The van der Waals surface area contributed by atoms with Crippen LogP contribution in [0.4, 0.5) is 4.79 Å². The van der Waals surface area contributed by atoms with E-state index in [1.54, 1.807) is 19.4 Å². The summed E-state index contributed by atoms with van der Waals surface area (Å²) in [5, 5.41) is 2.61. The Bertz CT molecular complexity index is 247. The maximum atomic E-state index is 10.8. The van der Waals surface area contributed by atoms with E-state index in [0.29, 0.717) is 13.2 Å². The summed E-state index contributed by atoms with van der Waals surface area (Å²) in [7, 11) is 0. The molecule has 0 radical (unpaired) electrons. The van der Waals surface area contributed by atoms with Crippen LogP contribution in [0, 0.1) is 0 Å². The molecule has 2 N–H and O–H groups in total. The maximum Gasteiger partial charge on any atom is 0.407 e. The molecule has 1 aromatic rings. The van der Waals surface area contributed by atoms with Crippen LogP contribution in [0.2, 0.25) is 0 Å². The number of nitrogens with zero attached hydrogens (tertiary/aromatic N) is 1. The molecule has 1 heterocycles. The average molecular weight is 213 g/mol. The summed E-state index contributed by atoms with van der Waals surface area (Å²) in [5.74, 6) is 0. The van der Waals surface area contributed by atoms with Crippen molar-refractivity contribution in [1.82, 2.24) is 15.3 Å². The van der Waals surface area contributed by atoms with Crippen LogP contribution in [0.25, 0.3) is 0 Å². The molecule has 0 spiro atoms. The van der Waals surface area contributed by atoms with Gasteiger partial charge in [0.25, 0.3) is 0 Å². The Balaban J connectivity index is 0.000000921. The van der Waals surface area contributed by atoms with Gasteiger partial charge in [0.05, 0.1) is 12.9 Å². The number of rotatable bonds is 4. The highest BCUT2D eigenvalue weighted by molar-refractivity contribution is 5.66. The fraction of sp³-hybridized carbons (Fsp3) is 0.600. The first-order valence-corrected chi connectivity index (χ1v) is 5.20. The minimum absolute atomic E-state index is 0.373. The van der Waals surface area contributed by atoms with Gasteiger partial charge in [-0.25, -0.2) is 9.78 Å². The number of H-pyrrole nitrogens is 1. The molecular weight excluding hydrogens is 194 g/mol. The summed E-state index contributed by atoms with van der Waals surface area (Å²) in [6.07, 6.45) is 3.70. The number of alkyl carbamates (subject to hydrolysis) is 1. The van der Waals surface area contributed by atoms with Crippen molar-refractivity contribution in [2.24, 2.45) is 0 Å². The Morgan fingerprint density at radius 3 is 2.87 bits per heavy atom. The summed E-state index contributed by atoms with van der Waals surface area (Å²) < 4.78 is 4.69. The number of aromatic amines is 1. The van der Waals surface area contributed by atoms with Gasteiger partial charge in [0, 0.05) is 24.9 Å². The normalized spacial score (nSPS) is 8.73. The van der Waals surface area contributed by atoms with Gasteiger partial charge in [0.15, 0.2) is 0 Å². The fourth-order valence-electron chi connectivity index (χ4n) is 0.903. The highest BCUT2D eigenvalue weighted by Crippen LogP contribution is 1.90. The van der Waals surface area contributed by atoms with Crippen LogP contribution >= 0.6 is 0 Å². The second kappa shape index (κ2) is 9.05. The van der Waals surface area contributed by atoms with Crippen LogP contribution in [-0.4, -0.2) is 29.2 Å². The zero-order valence-electron chi connectivity index (χ0n) is 9.54. The van der Waals surface area contributed by atoms with Gasteiger partial charge in [0.1, 0.15) is 0 Å². The number of amides is 1. The predicted molar refractivity (Wildman–Crippen MR) is 58.7 cm³/mol. The molecule has 15 heavy (non-hydrogen) atoms. The summed E-state index contributed by atoms with van der Waals surface area (Å²) in [5.41, 5.74) is 0.997. The molecule has 0 aliphatic carbocycles. The molecule has 0 bridgehead atoms. The van der Waals surface area contributed by atoms with Gasteiger partial charge in [-0.1, -0.05) is 13.8 Å². The number of carbonyl (C=O) groups is 1. The van der Waals surface area contributed by atoms with Crippen molar-refractivity contribution in [3.8, 4) is 0 Å². The molecule has 1 rings (SSSR count). The molecule has 5 nitrogen and oxygen atoms in total. The number of hydrogen-bond donors (Lipinski definition) is 2. The molecule has 0 aromatic carbocycles. The van der Waals surface area contributed by atoms with Gasteiger partial charge in [-0.3, -0.25) is 0 Å². The molecule has 0 atom stereocenters. The van der Waals surface area contributed by atoms with Crippen molar-refractivity contribution in [3.05, 3.63) is 18.2 Å². The van der Waals surface area contributed by atoms with Crippen LogP contribution in [0.15, 0.2) is 12.5 Å². The second-order valence-corrected chi connectivity index (χ2v) is 2.47. The van der Waals surface area contributed by atoms with E-state index in [1.807, 2.05) is 13.8 Å². The third kappa shape index (κ3) is 6.54. The first-order chi connectivity index (χ1) is 7.33. The lowest BCUT2D eigenvalue weighted by Crippen LogP contribution is -2.26. The van der Waals surface area contributed by atoms with Gasteiger partial charge in [-0.15, -0.1) is 0 Å². The van der Waals surface area contributed by atoms with Crippen molar-refractivity contribution in [1.29, 1.82) is 0 Å². The first kappa shape index (κ1) is 13.5. The van der Waals surface area contributed by atoms with Gasteiger partial charge >= 0.3 is 6.09 Å². The maximum absolute atomic E-state index is 10.8. The van der Waals surface area contributed by atoms with E-state index in [4.69, 9.17) is 0 Å². The molecule has 0 saturated heterocycles. The van der Waals surface area contributed by atoms with E-state index in [2.05, 4.69) is 20.0 Å². The largest absolute Gasteiger partial charge is 0.450 e. The van der Waals surface area contributed by atoms with Crippen LogP contribution in [-0.2, 0) is 11.2 Å². The lowest BCUT2D eigenvalue weighted by atomic mass is 10.3. The SMILES string of the molecule is CC.CCOC(=O)NCCc1cnc[nH]1. The third-order valence-corrected chi connectivity index (χ3v) is 1.49. The van der Waals surface area contributed by atoms with Crippen molar-refractivity contribution in [2.75, 3.05) is 13.2 Å². The van der Waals surface area contributed by atoms with Crippen molar-refractivity contribution in [2.45, 2.75) is 27.2 Å². The van der Waals surface area contributed by atoms with E-state index in [9.17, 15) is 4.79 Å². The zero-order chi connectivity index (χ0) is 11.5. The standard InChI is InChI=1S/C8H13N3O2.C2H6/c1-2-13-8(12)10-4-3-7-5-9-6-11-7;1-2/h5-6H,2-4H2,1H3,(H,9,11)(H,10,12);1-2H3. The Hall–Kier alpha value is -1.52. The Labute approximate surface area is 90.2 Å². The van der Waals surface area contributed by atoms with E-state index >= 15 is 0 Å². The number of aromatic nitrogens is 2. The highest BCUT2D eigenvalue weighted by Gasteiger charge is 1.99. The topological polar surface area (TPSA) is 67.0 Å². The van der Waals surface area contributed by atoms with Crippen LogP contribution in [0.5, 0.6) is 0 Å². The zero-order valence-corrected chi connectivity index (χ0v) is 9.54. The smallest absolute Gasteiger partial charge is 0.407 e. The number of hydrogen-bond acceptors (Lipinski definition) is 3. The average Bonchev–Trinajstić information content (AvgIpc) is 2.74. The number of imidazole rings is 1. The quantitative estimate of drug-likeness (QED) is 0.800. The molecule has 1 amide bonds. The second-order valence-electron chi connectivity index (χ2n) is 2.47. The van der Waals surface area contributed by atoms with Gasteiger partial charge in [0.2, 0.25) is 0 Å². The number of carbonyl (C=O) groups excluding carboxylic acids is 1. The first-order valence-electron chi connectivity index (χ1n) is 5.20. The predicted octanol–water partition coefficient (Wildman–Crippen LogP) is 1.72. The van der Waals surface area contributed by atoms with Gasteiger partial charge in [-0.05, 0) is 6.92 Å². The van der Waals surface area contributed by atoms with Crippen LogP contribution in [0.1, 0.15) is 26.5 Å². The third-order valence-electron chi connectivity index (χ3n) is 1.49. The summed E-state index contributed by atoms with van der Waals surface area (Å²) in [6, 6.07) is 0. The molecule has 0 fully saturated rings. The minimum atomic E-state index is -0.373. The molecule has 86 valence electrons. The van der Waals surface area contributed by atoms with E-state index < -0.39 is 0 Å². The Morgan fingerprint density at radius 2 is 2.33 bits per heavy atom. The Morgan fingerprint density at radius 1 is 1.60 bits per heavy atom. The fourth-order valence-corrected chi connectivity index (χ4v) is 0.903. The number of ether oxygens (including phenoxy) is 1. The summed E-state index contributed by atoms with van der Waals surface area (Å²) >= 11 is 0. The van der Waals surface area contributed by atoms with Gasteiger partial charge in [-0.2, -0.15) is 0 Å².